The first-order valence-electron chi connectivity index (χ1n) is 14.6. The zero-order valence-corrected chi connectivity index (χ0v) is 24.1. The predicted molar refractivity (Wildman–Crippen MR) is 158 cm³/mol. The third-order valence-electron chi connectivity index (χ3n) is 7.94. The van der Waals surface area contributed by atoms with Gasteiger partial charge in [0.2, 0.25) is 0 Å². The molecule has 0 bridgehead atoms. The molecule has 5 N–H and O–H groups in total. The van der Waals surface area contributed by atoms with Gasteiger partial charge in [-0.25, -0.2) is 4.79 Å². The number of anilines is 1. The molecule has 2 aliphatic rings. The number of urea groups is 1. The number of piperidine rings is 1. The second kappa shape index (κ2) is 15.0. The molecule has 9 heteroatoms. The molecule has 0 aliphatic carbocycles. The van der Waals surface area contributed by atoms with Crippen LogP contribution in [0.5, 0.6) is 0 Å². The van der Waals surface area contributed by atoms with Crippen LogP contribution in [0.25, 0.3) is 6.08 Å². The smallest absolute Gasteiger partial charge is 0.318 e. The van der Waals surface area contributed by atoms with Crippen LogP contribution in [0.2, 0.25) is 0 Å². The van der Waals surface area contributed by atoms with Crippen molar-refractivity contribution in [3.05, 3.63) is 35.1 Å². The summed E-state index contributed by atoms with van der Waals surface area (Å²) in [5, 5.41) is 4.94. The molecule has 0 radical (unpaired) electrons. The summed E-state index contributed by atoms with van der Waals surface area (Å²) in [6.45, 7) is 6.08. The maximum atomic E-state index is 12.8. The lowest BCUT2D eigenvalue weighted by Crippen LogP contribution is -2.48. The van der Waals surface area contributed by atoms with Crippen molar-refractivity contribution in [1.82, 2.24) is 10.4 Å². The van der Waals surface area contributed by atoms with Gasteiger partial charge in [-0.05, 0) is 81.0 Å². The number of nitrogens with two attached hydrogens (primary N) is 2. The van der Waals surface area contributed by atoms with Crippen molar-refractivity contribution in [2.75, 3.05) is 31.6 Å². The quantitative estimate of drug-likeness (QED) is 0.214. The normalized spacial score (nSPS) is 17.0. The third-order valence-corrected chi connectivity index (χ3v) is 7.94. The van der Waals surface area contributed by atoms with Gasteiger partial charge in [0.15, 0.2) is 0 Å². The van der Waals surface area contributed by atoms with E-state index in [2.05, 4.69) is 5.32 Å². The fraction of sp³-hybridized carbons (Fsp3) is 0.633. The average molecular weight is 541 g/mol. The molecular weight excluding hydrogens is 492 g/mol. The van der Waals surface area contributed by atoms with Crippen LogP contribution >= 0.6 is 0 Å². The molecule has 0 atom stereocenters. The second-order valence-electron chi connectivity index (χ2n) is 11.0. The zero-order chi connectivity index (χ0) is 28.3. The van der Waals surface area contributed by atoms with Gasteiger partial charge in [0.1, 0.15) is 17.6 Å². The first-order chi connectivity index (χ1) is 18.8. The lowest BCUT2D eigenvalue weighted by molar-refractivity contribution is -0.139. The Labute approximate surface area is 234 Å². The van der Waals surface area contributed by atoms with Crippen molar-refractivity contribution in [3.63, 3.8) is 0 Å². The van der Waals surface area contributed by atoms with Gasteiger partial charge in [-0.3, -0.25) is 14.7 Å². The van der Waals surface area contributed by atoms with Gasteiger partial charge in [0.05, 0.1) is 0 Å². The molecule has 1 saturated heterocycles. The van der Waals surface area contributed by atoms with Crippen LogP contribution in [-0.4, -0.2) is 55.1 Å². The molecule has 1 spiro atoms. The number of nitrogens with one attached hydrogen (secondary N) is 1. The number of benzene rings is 1. The molecular formula is C30H48N6O3. The van der Waals surface area contributed by atoms with E-state index < -0.39 is 11.6 Å². The van der Waals surface area contributed by atoms with Crippen LogP contribution in [0, 0.1) is 13.8 Å². The number of carbonyl (C=O) groups is 2. The number of hydrogen-bond acceptors (Lipinski definition) is 6. The fourth-order valence-electron chi connectivity index (χ4n) is 5.40. The molecule has 2 heterocycles. The van der Waals surface area contributed by atoms with Gasteiger partial charge in [0, 0.05) is 32.2 Å². The van der Waals surface area contributed by atoms with Crippen LogP contribution in [0.3, 0.4) is 0 Å². The van der Waals surface area contributed by atoms with Gasteiger partial charge in [-0.15, -0.1) is 5.06 Å². The Morgan fingerprint density at radius 3 is 2.18 bits per heavy atom. The summed E-state index contributed by atoms with van der Waals surface area (Å²) in [7, 11) is 1.66. The van der Waals surface area contributed by atoms with Gasteiger partial charge in [-0.1, -0.05) is 44.9 Å². The van der Waals surface area contributed by atoms with Crippen molar-refractivity contribution >= 4 is 29.5 Å². The number of hydrogen-bond donors (Lipinski definition) is 3. The SMILES string of the molecule is Cc1cc(N(C)C(N)=O)cc(C)c1/C=C/ON1CCC2(CC1)N=C(CCCCCCCCCCCN)NC2=O. The molecule has 0 saturated carbocycles. The molecule has 2 aliphatic heterocycles. The molecule has 216 valence electrons. The molecule has 9 nitrogen and oxygen atoms in total. The number of carbonyl (C=O) groups excluding carboxylic acids is 2. The maximum Gasteiger partial charge on any atom is 0.318 e. The van der Waals surface area contributed by atoms with Crippen molar-refractivity contribution in [1.29, 1.82) is 0 Å². The van der Waals surface area contributed by atoms with E-state index in [1.165, 1.54) is 49.8 Å². The van der Waals surface area contributed by atoms with Crippen LogP contribution in [0.4, 0.5) is 10.5 Å². The standard InChI is InChI=1S/C30H48N6O3/c1-23-21-25(35(3)29(32)38)22-24(2)26(23)14-20-39-36-18-15-30(16-19-36)28(37)33-27(34-30)13-11-9-7-5-4-6-8-10-12-17-31/h14,20-22H,4-13,15-19,31H2,1-3H3,(H2,32,38)(H,33,34,37)/b20-14+. The Morgan fingerprint density at radius 2 is 1.62 bits per heavy atom. The number of primary amides is 1. The summed E-state index contributed by atoms with van der Waals surface area (Å²) in [5.74, 6) is 0.893. The van der Waals surface area contributed by atoms with E-state index in [0.29, 0.717) is 25.9 Å². The largest absolute Gasteiger partial charge is 0.414 e. The monoisotopic (exact) mass is 540 g/mol. The summed E-state index contributed by atoms with van der Waals surface area (Å²) < 4.78 is 0. The minimum atomic E-state index is -0.641. The molecule has 39 heavy (non-hydrogen) atoms. The second-order valence-corrected chi connectivity index (χ2v) is 11.0. The maximum absolute atomic E-state index is 12.8. The van der Waals surface area contributed by atoms with Gasteiger partial charge in [0.25, 0.3) is 5.91 Å². The Kier molecular flexibility index (Phi) is 11.8. The van der Waals surface area contributed by atoms with Gasteiger partial charge < -0.3 is 21.6 Å². The highest BCUT2D eigenvalue weighted by Crippen LogP contribution is 2.31. The molecule has 1 aromatic rings. The Morgan fingerprint density at radius 1 is 1.05 bits per heavy atom. The highest BCUT2D eigenvalue weighted by atomic mass is 16.7. The van der Waals surface area contributed by atoms with E-state index in [9.17, 15) is 9.59 Å². The van der Waals surface area contributed by atoms with E-state index in [-0.39, 0.29) is 5.91 Å². The number of unbranched alkanes of at least 4 members (excludes halogenated alkanes) is 8. The molecule has 1 aromatic carbocycles. The van der Waals surface area contributed by atoms with Crippen molar-refractivity contribution in [3.8, 4) is 0 Å². The minimum absolute atomic E-state index is 0.0393. The Hall–Kier alpha value is -2.91. The number of rotatable bonds is 15. The molecule has 0 aromatic heterocycles. The Bertz CT molecular complexity index is 1010. The molecule has 1 fully saturated rings. The van der Waals surface area contributed by atoms with Crippen LogP contribution in [-0.2, 0) is 9.63 Å². The number of hydroxylamine groups is 2. The fourth-order valence-corrected chi connectivity index (χ4v) is 5.40. The topological polar surface area (TPSA) is 126 Å². The first kappa shape index (κ1) is 30.6. The lowest BCUT2D eigenvalue weighted by Gasteiger charge is -2.33. The molecule has 0 unspecified atom stereocenters. The van der Waals surface area contributed by atoms with E-state index >= 15 is 0 Å². The molecule has 3 amide bonds. The van der Waals surface area contributed by atoms with E-state index in [0.717, 1.165) is 54.0 Å². The minimum Gasteiger partial charge on any atom is -0.414 e. The zero-order valence-electron chi connectivity index (χ0n) is 24.1. The van der Waals surface area contributed by atoms with Gasteiger partial charge in [-0.2, -0.15) is 0 Å². The summed E-state index contributed by atoms with van der Waals surface area (Å²) >= 11 is 0. The molecule has 3 rings (SSSR count). The number of nitrogens with zero attached hydrogens (tertiary/aromatic N) is 3. The number of amides is 3. The summed E-state index contributed by atoms with van der Waals surface area (Å²) in [6.07, 6.45) is 16.9. The van der Waals surface area contributed by atoms with E-state index in [1.807, 2.05) is 37.1 Å². The highest BCUT2D eigenvalue weighted by molar-refractivity contribution is 6.08. The van der Waals surface area contributed by atoms with Gasteiger partial charge >= 0.3 is 6.03 Å². The summed E-state index contributed by atoms with van der Waals surface area (Å²) in [4.78, 5) is 36.5. The van der Waals surface area contributed by atoms with E-state index in [1.54, 1.807) is 13.3 Å². The van der Waals surface area contributed by atoms with Crippen LogP contribution < -0.4 is 21.7 Å². The van der Waals surface area contributed by atoms with Crippen molar-refractivity contribution in [2.45, 2.75) is 96.4 Å². The summed E-state index contributed by atoms with van der Waals surface area (Å²) in [6, 6.07) is 3.37. The summed E-state index contributed by atoms with van der Waals surface area (Å²) in [5.41, 5.74) is 14.1. The van der Waals surface area contributed by atoms with Crippen LogP contribution in [0.15, 0.2) is 23.4 Å². The van der Waals surface area contributed by atoms with Crippen molar-refractivity contribution < 1.29 is 14.4 Å². The van der Waals surface area contributed by atoms with Crippen molar-refractivity contribution in [2.24, 2.45) is 16.5 Å². The predicted octanol–water partition coefficient (Wildman–Crippen LogP) is 4.94. The highest BCUT2D eigenvalue weighted by Gasteiger charge is 2.45. The Balaban J connectivity index is 1.39. The van der Waals surface area contributed by atoms with E-state index in [4.69, 9.17) is 21.3 Å². The number of aryl methyl sites for hydroxylation is 2. The average Bonchev–Trinajstić information content (AvgIpc) is 3.21. The first-order valence-corrected chi connectivity index (χ1v) is 14.6. The third kappa shape index (κ3) is 8.80. The van der Waals surface area contributed by atoms with Crippen LogP contribution in [0.1, 0.15) is 93.7 Å². The number of amidine groups is 1. The lowest BCUT2D eigenvalue weighted by atomic mass is 9.89. The number of aliphatic imine (C=N–C) groups is 1.